The van der Waals surface area contributed by atoms with Gasteiger partial charge in [-0.05, 0) is 48.9 Å². The lowest BCUT2D eigenvalue weighted by Crippen LogP contribution is -2.05. The molecule has 0 bridgehead atoms. The molecule has 0 aromatic heterocycles. The van der Waals surface area contributed by atoms with Crippen molar-refractivity contribution in [3.05, 3.63) is 77.0 Å². The Morgan fingerprint density at radius 3 is 2.78 bits per heavy atom. The van der Waals surface area contributed by atoms with E-state index in [0.29, 0.717) is 35.3 Å². The lowest BCUT2D eigenvalue weighted by Gasteiger charge is -2.11. The Kier molecular flexibility index (Phi) is 5.94. The maximum Gasteiger partial charge on any atom is 0.363 e. The third-order valence-electron chi connectivity index (χ3n) is 3.62. The molecule has 5 nitrogen and oxygen atoms in total. The summed E-state index contributed by atoms with van der Waals surface area (Å²) < 4.78 is 16.4. The number of cyclic esters (lactones) is 1. The fourth-order valence-corrected chi connectivity index (χ4v) is 2.65. The van der Waals surface area contributed by atoms with Crippen LogP contribution in [-0.2, 0) is 9.53 Å². The number of esters is 1. The van der Waals surface area contributed by atoms with Gasteiger partial charge in [-0.1, -0.05) is 36.4 Å². The third-order valence-corrected chi connectivity index (χ3v) is 3.85. The minimum absolute atomic E-state index is 0.201. The number of ether oxygens (including phenoxy) is 3. The first kappa shape index (κ1) is 18.7. The van der Waals surface area contributed by atoms with Gasteiger partial charge in [0.15, 0.2) is 17.2 Å². The van der Waals surface area contributed by atoms with Crippen molar-refractivity contribution >= 4 is 29.5 Å². The number of nitrogens with zero attached hydrogens (tertiary/aromatic N) is 1. The standard InChI is InChI=1S/C21H18ClNO4/c1-3-10-26-18-9-8-14(12-19(18)25-4-2)11-17-21(24)27-20(23-17)15-6-5-7-16(22)13-15/h3,5-9,11-13H,1,4,10H2,2H3/b17-11-. The van der Waals surface area contributed by atoms with Gasteiger partial charge in [-0.3, -0.25) is 0 Å². The van der Waals surface area contributed by atoms with E-state index in [9.17, 15) is 4.79 Å². The molecule has 3 rings (SSSR count). The van der Waals surface area contributed by atoms with Gasteiger partial charge in [-0.25, -0.2) is 9.79 Å². The molecule has 0 saturated carbocycles. The molecule has 0 saturated heterocycles. The van der Waals surface area contributed by atoms with Gasteiger partial charge in [0.2, 0.25) is 5.90 Å². The second-order valence-corrected chi connectivity index (χ2v) is 6.02. The highest BCUT2D eigenvalue weighted by Gasteiger charge is 2.24. The molecule has 0 N–H and O–H groups in total. The van der Waals surface area contributed by atoms with Crippen molar-refractivity contribution in [2.45, 2.75) is 6.92 Å². The summed E-state index contributed by atoms with van der Waals surface area (Å²) in [6.45, 7) is 6.39. The predicted molar refractivity (Wildman–Crippen MR) is 105 cm³/mol. The maximum absolute atomic E-state index is 12.2. The van der Waals surface area contributed by atoms with E-state index in [1.165, 1.54) is 0 Å². The summed E-state index contributed by atoms with van der Waals surface area (Å²) in [5, 5.41) is 0.542. The topological polar surface area (TPSA) is 57.1 Å². The number of carbonyl (C=O) groups is 1. The first-order valence-electron chi connectivity index (χ1n) is 8.39. The van der Waals surface area contributed by atoms with Crippen LogP contribution in [0.1, 0.15) is 18.1 Å². The Morgan fingerprint density at radius 2 is 2.04 bits per heavy atom. The van der Waals surface area contributed by atoms with E-state index in [0.717, 1.165) is 5.56 Å². The minimum Gasteiger partial charge on any atom is -0.490 e. The van der Waals surface area contributed by atoms with Crippen molar-refractivity contribution in [2.75, 3.05) is 13.2 Å². The second kappa shape index (κ2) is 8.56. The number of rotatable bonds is 7. The number of carbonyl (C=O) groups excluding carboxylic acids is 1. The summed E-state index contributed by atoms with van der Waals surface area (Å²) in [7, 11) is 0. The minimum atomic E-state index is -0.519. The molecule has 0 radical (unpaired) electrons. The number of halogens is 1. The molecule has 2 aromatic rings. The summed E-state index contributed by atoms with van der Waals surface area (Å²) in [6, 6.07) is 12.4. The van der Waals surface area contributed by atoms with Crippen LogP contribution in [0, 0.1) is 0 Å². The van der Waals surface area contributed by atoms with Crippen molar-refractivity contribution < 1.29 is 19.0 Å². The molecule has 1 heterocycles. The molecular weight excluding hydrogens is 366 g/mol. The summed E-state index contributed by atoms with van der Waals surface area (Å²) in [5.74, 6) is 0.898. The van der Waals surface area contributed by atoms with Gasteiger partial charge in [-0.15, -0.1) is 0 Å². The molecule has 27 heavy (non-hydrogen) atoms. The molecule has 2 aromatic carbocycles. The highest BCUT2D eigenvalue weighted by molar-refractivity contribution is 6.31. The lowest BCUT2D eigenvalue weighted by molar-refractivity contribution is -0.129. The molecule has 0 spiro atoms. The molecule has 6 heteroatoms. The first-order chi connectivity index (χ1) is 13.1. The fraction of sp³-hybridized carbons (Fsp3) is 0.143. The van der Waals surface area contributed by atoms with E-state index in [1.807, 2.05) is 13.0 Å². The van der Waals surface area contributed by atoms with Gasteiger partial charge in [0, 0.05) is 10.6 Å². The van der Waals surface area contributed by atoms with Crippen molar-refractivity contribution in [2.24, 2.45) is 4.99 Å². The summed E-state index contributed by atoms with van der Waals surface area (Å²) >= 11 is 5.98. The Morgan fingerprint density at radius 1 is 1.19 bits per heavy atom. The average Bonchev–Trinajstić information content (AvgIpc) is 3.02. The van der Waals surface area contributed by atoms with Crippen LogP contribution in [0.5, 0.6) is 11.5 Å². The van der Waals surface area contributed by atoms with Crippen LogP contribution in [0.15, 0.2) is 65.8 Å². The third kappa shape index (κ3) is 4.57. The van der Waals surface area contributed by atoms with E-state index in [-0.39, 0.29) is 11.6 Å². The zero-order valence-corrected chi connectivity index (χ0v) is 15.5. The van der Waals surface area contributed by atoms with Crippen molar-refractivity contribution in [3.8, 4) is 11.5 Å². The second-order valence-electron chi connectivity index (χ2n) is 5.59. The van der Waals surface area contributed by atoms with Gasteiger partial charge in [0.1, 0.15) is 6.61 Å². The van der Waals surface area contributed by atoms with Crippen LogP contribution in [0.25, 0.3) is 6.08 Å². The van der Waals surface area contributed by atoms with Crippen LogP contribution in [0.2, 0.25) is 5.02 Å². The Labute approximate surface area is 162 Å². The van der Waals surface area contributed by atoms with E-state index in [1.54, 1.807) is 48.6 Å². The molecule has 1 aliphatic rings. The van der Waals surface area contributed by atoms with Crippen LogP contribution >= 0.6 is 11.6 Å². The Hall–Kier alpha value is -3.05. The average molecular weight is 384 g/mol. The van der Waals surface area contributed by atoms with Gasteiger partial charge < -0.3 is 14.2 Å². The van der Waals surface area contributed by atoms with E-state index < -0.39 is 5.97 Å². The predicted octanol–water partition coefficient (Wildman–Crippen LogP) is 4.65. The first-order valence-corrected chi connectivity index (χ1v) is 8.77. The van der Waals surface area contributed by atoms with E-state index in [4.69, 9.17) is 25.8 Å². The van der Waals surface area contributed by atoms with Crippen molar-refractivity contribution in [1.82, 2.24) is 0 Å². The number of hydrogen-bond donors (Lipinski definition) is 0. The van der Waals surface area contributed by atoms with Gasteiger partial charge in [-0.2, -0.15) is 0 Å². The van der Waals surface area contributed by atoms with Gasteiger partial charge >= 0.3 is 5.97 Å². The highest BCUT2D eigenvalue weighted by atomic mass is 35.5. The molecule has 0 amide bonds. The van der Waals surface area contributed by atoms with E-state index in [2.05, 4.69) is 11.6 Å². The van der Waals surface area contributed by atoms with Crippen LogP contribution in [0.4, 0.5) is 0 Å². The molecule has 0 atom stereocenters. The van der Waals surface area contributed by atoms with Crippen molar-refractivity contribution in [1.29, 1.82) is 0 Å². The molecule has 0 aliphatic carbocycles. The van der Waals surface area contributed by atoms with Gasteiger partial charge in [0.05, 0.1) is 6.61 Å². The SMILES string of the molecule is C=CCOc1ccc(/C=C2\N=C(c3cccc(Cl)c3)OC2=O)cc1OCC. The Bertz CT molecular complexity index is 934. The number of hydrogen-bond acceptors (Lipinski definition) is 5. The van der Waals surface area contributed by atoms with Crippen LogP contribution in [-0.4, -0.2) is 25.1 Å². The number of aliphatic imine (C=N–C) groups is 1. The van der Waals surface area contributed by atoms with Crippen LogP contribution < -0.4 is 9.47 Å². The lowest BCUT2D eigenvalue weighted by atomic mass is 10.1. The summed E-state index contributed by atoms with van der Waals surface area (Å²) in [4.78, 5) is 16.4. The van der Waals surface area contributed by atoms with Gasteiger partial charge in [0.25, 0.3) is 0 Å². The Balaban J connectivity index is 1.90. The monoisotopic (exact) mass is 383 g/mol. The molecular formula is C21H18ClNO4. The molecule has 1 aliphatic heterocycles. The number of benzene rings is 2. The molecule has 0 unspecified atom stereocenters. The van der Waals surface area contributed by atoms with Crippen LogP contribution in [0.3, 0.4) is 0 Å². The maximum atomic E-state index is 12.2. The normalized spacial score (nSPS) is 14.7. The zero-order valence-electron chi connectivity index (χ0n) is 14.8. The highest BCUT2D eigenvalue weighted by Crippen LogP contribution is 2.30. The fourth-order valence-electron chi connectivity index (χ4n) is 2.46. The zero-order chi connectivity index (χ0) is 19.2. The smallest absolute Gasteiger partial charge is 0.363 e. The molecule has 0 fully saturated rings. The quantitative estimate of drug-likeness (QED) is 0.397. The van der Waals surface area contributed by atoms with Crippen molar-refractivity contribution in [3.63, 3.8) is 0 Å². The summed E-state index contributed by atoms with van der Waals surface area (Å²) in [5.41, 5.74) is 1.59. The van der Waals surface area contributed by atoms with E-state index >= 15 is 0 Å². The molecule has 138 valence electrons. The summed E-state index contributed by atoms with van der Waals surface area (Å²) in [6.07, 6.45) is 3.30. The largest absolute Gasteiger partial charge is 0.490 e.